The van der Waals surface area contributed by atoms with Crippen LogP contribution in [0.3, 0.4) is 0 Å². The Kier molecular flexibility index (Phi) is 7.67. The van der Waals surface area contributed by atoms with Gasteiger partial charge in [-0.3, -0.25) is 9.52 Å². The number of sulfonamides is 1. The van der Waals surface area contributed by atoms with Crippen LogP contribution in [0.15, 0.2) is 65.6 Å². The Hall–Kier alpha value is -3.32. The number of hydrogen-bond donors (Lipinski definition) is 2. The minimum atomic E-state index is -3.71. The fourth-order valence-corrected chi connectivity index (χ4v) is 5.04. The number of benzene rings is 3. The van der Waals surface area contributed by atoms with E-state index in [0.717, 1.165) is 22.4 Å². The van der Waals surface area contributed by atoms with E-state index in [2.05, 4.69) is 30.0 Å². The van der Waals surface area contributed by atoms with Gasteiger partial charge in [0, 0.05) is 5.56 Å². The second-order valence-corrected chi connectivity index (χ2v) is 10.4. The highest BCUT2D eigenvalue weighted by molar-refractivity contribution is 7.92. The molecule has 0 aliphatic heterocycles. The van der Waals surface area contributed by atoms with Crippen LogP contribution in [0.2, 0.25) is 0 Å². The molecule has 0 spiro atoms. The van der Waals surface area contributed by atoms with Gasteiger partial charge in [0.2, 0.25) is 0 Å². The molecule has 0 radical (unpaired) electrons. The summed E-state index contributed by atoms with van der Waals surface area (Å²) >= 11 is 0. The Bertz CT molecular complexity index is 1290. The van der Waals surface area contributed by atoms with Gasteiger partial charge in [-0.05, 0) is 91.4 Å². The molecular weight excluding hydrogens is 448 g/mol. The highest BCUT2D eigenvalue weighted by Gasteiger charge is 2.19. The molecular formula is C27H32N2O4S. The molecule has 3 aromatic carbocycles. The lowest BCUT2D eigenvalue weighted by Crippen LogP contribution is -2.27. The zero-order valence-electron chi connectivity index (χ0n) is 20.5. The molecule has 34 heavy (non-hydrogen) atoms. The van der Waals surface area contributed by atoms with Crippen molar-refractivity contribution in [1.82, 2.24) is 5.32 Å². The fraction of sp³-hybridized carbons (Fsp3) is 0.296. The molecule has 0 aliphatic carbocycles. The van der Waals surface area contributed by atoms with Gasteiger partial charge in [0.05, 0.1) is 23.7 Å². The van der Waals surface area contributed by atoms with Crippen molar-refractivity contribution in [2.45, 2.75) is 51.5 Å². The average Bonchev–Trinajstić information content (AvgIpc) is 2.80. The molecule has 0 aromatic heterocycles. The Labute approximate surface area is 202 Å². The predicted molar refractivity (Wildman–Crippen MR) is 136 cm³/mol. The zero-order chi connectivity index (χ0) is 25.0. The van der Waals surface area contributed by atoms with E-state index in [4.69, 9.17) is 4.74 Å². The van der Waals surface area contributed by atoms with Crippen molar-refractivity contribution in [3.8, 4) is 5.75 Å². The van der Waals surface area contributed by atoms with Gasteiger partial charge < -0.3 is 10.1 Å². The topological polar surface area (TPSA) is 84.5 Å². The van der Waals surface area contributed by atoms with Gasteiger partial charge >= 0.3 is 0 Å². The lowest BCUT2D eigenvalue weighted by Gasteiger charge is -2.21. The Morgan fingerprint density at radius 1 is 0.882 bits per heavy atom. The summed E-state index contributed by atoms with van der Waals surface area (Å²) in [4.78, 5) is 13.2. The molecule has 0 aliphatic rings. The van der Waals surface area contributed by atoms with Crippen LogP contribution in [-0.4, -0.2) is 21.4 Å². The van der Waals surface area contributed by atoms with E-state index >= 15 is 0 Å². The SMILES string of the molecule is COc1cc(C)c([C@@H](C)NC(=O)c2ccc(NS(=O)(=O)c3ccccc3)c(C)c2)cc1C(C)C. The molecule has 0 heterocycles. The van der Waals surface area contributed by atoms with Gasteiger partial charge in [0.15, 0.2) is 0 Å². The molecule has 0 saturated heterocycles. The predicted octanol–water partition coefficient (Wildman–Crippen LogP) is 5.73. The van der Waals surface area contributed by atoms with Gasteiger partial charge in [-0.15, -0.1) is 0 Å². The van der Waals surface area contributed by atoms with Crippen molar-refractivity contribution < 1.29 is 17.9 Å². The highest BCUT2D eigenvalue weighted by atomic mass is 32.2. The average molecular weight is 481 g/mol. The molecule has 3 aromatic rings. The molecule has 0 unspecified atom stereocenters. The third-order valence-electron chi connectivity index (χ3n) is 5.84. The Balaban J connectivity index is 1.78. The number of aryl methyl sites for hydroxylation is 2. The van der Waals surface area contributed by atoms with Crippen LogP contribution in [-0.2, 0) is 10.0 Å². The van der Waals surface area contributed by atoms with Gasteiger partial charge in [-0.1, -0.05) is 32.0 Å². The van der Waals surface area contributed by atoms with Crippen molar-refractivity contribution in [3.05, 3.63) is 88.5 Å². The largest absolute Gasteiger partial charge is 0.496 e. The van der Waals surface area contributed by atoms with E-state index in [-0.39, 0.29) is 22.8 Å². The van der Waals surface area contributed by atoms with Crippen LogP contribution in [0, 0.1) is 13.8 Å². The summed E-state index contributed by atoms with van der Waals surface area (Å²) in [5, 5.41) is 3.06. The van der Waals surface area contributed by atoms with E-state index in [1.807, 2.05) is 19.9 Å². The van der Waals surface area contributed by atoms with Crippen LogP contribution < -0.4 is 14.8 Å². The van der Waals surface area contributed by atoms with Gasteiger partial charge in [-0.2, -0.15) is 0 Å². The van der Waals surface area contributed by atoms with Crippen LogP contribution in [0.25, 0.3) is 0 Å². The van der Waals surface area contributed by atoms with E-state index in [9.17, 15) is 13.2 Å². The third kappa shape index (κ3) is 5.59. The van der Waals surface area contributed by atoms with Crippen molar-refractivity contribution in [3.63, 3.8) is 0 Å². The minimum absolute atomic E-state index is 0.181. The van der Waals surface area contributed by atoms with Crippen molar-refractivity contribution in [2.24, 2.45) is 0 Å². The highest BCUT2D eigenvalue weighted by Crippen LogP contribution is 2.32. The number of amides is 1. The van der Waals surface area contributed by atoms with Crippen molar-refractivity contribution >= 4 is 21.6 Å². The van der Waals surface area contributed by atoms with Gasteiger partial charge in [0.1, 0.15) is 5.75 Å². The molecule has 0 bridgehead atoms. The van der Waals surface area contributed by atoms with Crippen LogP contribution in [0.1, 0.15) is 65.3 Å². The van der Waals surface area contributed by atoms with Crippen LogP contribution >= 0.6 is 0 Å². The minimum Gasteiger partial charge on any atom is -0.496 e. The first-order chi connectivity index (χ1) is 16.0. The molecule has 0 fully saturated rings. The van der Waals surface area contributed by atoms with Crippen molar-refractivity contribution in [1.29, 1.82) is 0 Å². The molecule has 3 rings (SSSR count). The molecule has 7 heteroatoms. The van der Waals surface area contributed by atoms with E-state index in [1.165, 1.54) is 12.1 Å². The monoisotopic (exact) mass is 480 g/mol. The number of methoxy groups -OCH3 is 1. The second-order valence-electron chi connectivity index (χ2n) is 8.75. The number of rotatable bonds is 8. The molecule has 0 saturated carbocycles. The summed E-state index contributed by atoms with van der Waals surface area (Å²) in [7, 11) is -2.04. The molecule has 180 valence electrons. The summed E-state index contributed by atoms with van der Waals surface area (Å²) in [6.07, 6.45) is 0. The normalized spacial score (nSPS) is 12.3. The van der Waals surface area contributed by atoms with E-state index < -0.39 is 10.0 Å². The van der Waals surface area contributed by atoms with Gasteiger partial charge in [0.25, 0.3) is 15.9 Å². The smallest absolute Gasteiger partial charge is 0.261 e. The molecule has 1 atom stereocenters. The number of carbonyl (C=O) groups excluding carboxylic acids is 1. The third-order valence-corrected chi connectivity index (χ3v) is 7.22. The van der Waals surface area contributed by atoms with Crippen LogP contribution in [0.5, 0.6) is 5.75 Å². The summed E-state index contributed by atoms with van der Waals surface area (Å²) in [6, 6.07) is 17.0. The lowest BCUT2D eigenvalue weighted by molar-refractivity contribution is 0.0939. The quantitative estimate of drug-likeness (QED) is 0.431. The molecule has 6 nitrogen and oxygen atoms in total. The van der Waals surface area contributed by atoms with Crippen molar-refractivity contribution in [2.75, 3.05) is 11.8 Å². The summed E-state index contributed by atoms with van der Waals surface area (Å²) in [5.41, 5.74) is 4.71. The number of nitrogens with one attached hydrogen (secondary N) is 2. The summed E-state index contributed by atoms with van der Waals surface area (Å²) in [5.74, 6) is 0.903. The Morgan fingerprint density at radius 3 is 2.15 bits per heavy atom. The first-order valence-electron chi connectivity index (χ1n) is 11.2. The standard InChI is InChI=1S/C27H32N2O4S/c1-17(2)23-16-24(18(3)15-26(23)33-6)20(5)28-27(30)21-12-13-25(19(4)14-21)29-34(31,32)22-10-8-7-9-11-22/h7-17,20,29H,1-6H3,(H,28,30)/t20-/m1/s1. The maximum atomic E-state index is 13.0. The number of anilines is 1. The first kappa shape index (κ1) is 25.3. The summed E-state index contributed by atoms with van der Waals surface area (Å²) < 4.78 is 33.4. The Morgan fingerprint density at radius 2 is 1.56 bits per heavy atom. The maximum Gasteiger partial charge on any atom is 0.261 e. The number of hydrogen-bond acceptors (Lipinski definition) is 4. The number of carbonyl (C=O) groups is 1. The molecule has 1 amide bonds. The fourth-order valence-electron chi connectivity index (χ4n) is 3.89. The van der Waals surface area contributed by atoms with E-state index in [0.29, 0.717) is 16.8 Å². The lowest BCUT2D eigenvalue weighted by atomic mass is 9.93. The second kappa shape index (κ2) is 10.3. The van der Waals surface area contributed by atoms with Gasteiger partial charge in [-0.25, -0.2) is 8.42 Å². The number of ether oxygens (including phenoxy) is 1. The summed E-state index contributed by atoms with van der Waals surface area (Å²) in [6.45, 7) is 9.94. The van der Waals surface area contributed by atoms with Crippen LogP contribution in [0.4, 0.5) is 5.69 Å². The van der Waals surface area contributed by atoms with E-state index in [1.54, 1.807) is 50.4 Å². The first-order valence-corrected chi connectivity index (χ1v) is 12.7. The molecule has 2 N–H and O–H groups in total. The maximum absolute atomic E-state index is 13.0. The zero-order valence-corrected chi connectivity index (χ0v) is 21.3.